The molecule has 105 heavy (non-hydrogen) atoms. The Hall–Kier alpha value is -6.32. The normalized spacial score (nSPS) is 31.2. The van der Waals surface area contributed by atoms with Crippen LogP contribution in [0.4, 0.5) is 13.2 Å². The van der Waals surface area contributed by atoms with E-state index in [2.05, 4.69) is 22.9 Å². The number of morpholine rings is 1. The van der Waals surface area contributed by atoms with Gasteiger partial charge in [0.1, 0.15) is 47.8 Å². The molecule has 8 aliphatic rings. The van der Waals surface area contributed by atoms with Crippen LogP contribution in [0.2, 0.25) is 0 Å². The minimum atomic E-state index is -4.51. The molecule has 0 aromatic rings. The van der Waals surface area contributed by atoms with Crippen LogP contribution < -0.4 is 16.0 Å². The van der Waals surface area contributed by atoms with E-state index in [-0.39, 0.29) is 127 Å². The minimum Gasteiger partial charge on any atom is -0.378 e. The predicted molar refractivity (Wildman–Crippen MR) is 388 cm³/mol. The molecule has 11 atom stereocenters. The monoisotopic (exact) mass is 1500 g/mol. The van der Waals surface area contributed by atoms with Gasteiger partial charge < -0.3 is 64.8 Å². The van der Waals surface area contributed by atoms with Crippen molar-refractivity contribution in [3.63, 3.8) is 0 Å². The van der Waals surface area contributed by atoms with E-state index in [0.717, 1.165) is 57.8 Å². The lowest BCUT2D eigenvalue weighted by Gasteiger charge is -2.42. The van der Waals surface area contributed by atoms with Crippen molar-refractivity contribution in [2.24, 2.45) is 47.3 Å². The number of ether oxygens (including phenoxy) is 1. The van der Waals surface area contributed by atoms with E-state index >= 15 is 38.4 Å². The number of alkyl halides is 4. The Morgan fingerprint density at radius 1 is 0.619 bits per heavy atom. The van der Waals surface area contributed by atoms with Gasteiger partial charge in [-0.1, -0.05) is 98.8 Å². The highest BCUT2D eigenvalue weighted by Gasteiger charge is 2.53. The van der Waals surface area contributed by atoms with Crippen molar-refractivity contribution in [3.8, 4) is 0 Å². The Bertz CT molecular complexity index is 3060. The van der Waals surface area contributed by atoms with Crippen LogP contribution in [-0.4, -0.2) is 276 Å². The number of carbonyl (C=O) groups is 12. The van der Waals surface area contributed by atoms with Crippen molar-refractivity contribution in [2.75, 3.05) is 101 Å². The molecule has 3 saturated heterocycles. The second kappa shape index (κ2) is 37.7. The summed E-state index contributed by atoms with van der Waals surface area (Å²) in [5.74, 6) is -10.0. The summed E-state index contributed by atoms with van der Waals surface area (Å²) in [6, 6.07) is -8.60. The van der Waals surface area contributed by atoms with Crippen LogP contribution in [0.1, 0.15) is 202 Å². The summed E-state index contributed by atoms with van der Waals surface area (Å²) >= 11 is 6.45. The highest BCUT2D eigenvalue weighted by molar-refractivity contribution is 6.21. The Labute approximate surface area is 624 Å². The standard InChI is InChI=1S/C76H122ClF3N12O13/c1-12-49(5)65-72(102)86(8)45-63(95)84(6)46-64(96)92(43-52-19-17-20-52)60(41-51-26-24-48(4)25-27-51)70(100)85(7)44-61(93)81-56(31-29-50-28-30-54(55(77)40-50)76(78,79)80)69(99)91-34-18-23-57(91)68(98)83-75(32-15-16-33-75)74(104)89(11)66(53-21-13-14-22-53)73(103)88(10)59(71(101)90-35-37-105-38-36-90)42-62(94)87(9)58(39-47(2)3)67(97)82-65/h47-60,65-66H,12-46H2,1-11H3,(H,81,93)(H,82,97)(H,83,98)/t48?,49-,50?,51?,54?,55?,56-,57-,58-,59-,60-,65-,66-/m0/s1. The average Bonchev–Trinajstić information content (AvgIpc) is 1.70. The molecule has 0 bridgehead atoms. The highest BCUT2D eigenvalue weighted by Crippen LogP contribution is 2.44. The van der Waals surface area contributed by atoms with E-state index in [1.165, 1.54) is 81.5 Å². The molecule has 3 unspecified atom stereocenters. The number of amides is 12. The molecule has 12 amide bonds. The molecule has 25 nitrogen and oxygen atoms in total. The number of halogens is 4. The molecule has 8 rings (SSSR count). The van der Waals surface area contributed by atoms with Gasteiger partial charge in [0, 0.05) is 73.8 Å². The first-order chi connectivity index (χ1) is 49.6. The molecular formula is C76H122ClF3N12O13. The van der Waals surface area contributed by atoms with Gasteiger partial charge in [-0.2, -0.15) is 13.2 Å². The Morgan fingerprint density at radius 2 is 1.25 bits per heavy atom. The maximum Gasteiger partial charge on any atom is 0.393 e. The van der Waals surface area contributed by atoms with E-state index in [4.69, 9.17) is 16.3 Å². The SMILES string of the molecule is CC[C@H](C)[C@@H]1NC(=O)[C@H](CC(C)C)N(C)C(=O)C[C@@H](C(=O)N2CCOCC2)N(C)C(=O)[C@H](C2CCCC2)N(C)C(=O)C2(CCCC2)NC(=O)[C@@H]2CCCN2C(=O)[C@H](CCC2CCC(C(F)(F)F)C(Cl)C2)NC(=O)CN(C)C(=O)[C@H](CC2CCC(C)CC2)N(CC2CCC2)C(=O)CN(C)C(=O)CN(C)C1=O. The zero-order chi connectivity index (χ0) is 76.9. The van der Waals surface area contributed by atoms with Gasteiger partial charge in [0.05, 0.1) is 45.2 Å². The van der Waals surface area contributed by atoms with Gasteiger partial charge in [-0.3, -0.25) is 57.5 Å². The molecule has 0 aromatic carbocycles. The van der Waals surface area contributed by atoms with E-state index in [1.807, 2.05) is 20.8 Å². The number of hydrogen-bond donors (Lipinski definition) is 3. The van der Waals surface area contributed by atoms with Crippen LogP contribution in [0.3, 0.4) is 0 Å². The predicted octanol–water partition coefficient (Wildman–Crippen LogP) is 6.36. The maximum atomic E-state index is 15.8. The van der Waals surface area contributed by atoms with Gasteiger partial charge in [0.2, 0.25) is 70.9 Å². The van der Waals surface area contributed by atoms with Gasteiger partial charge in [-0.05, 0) is 138 Å². The molecule has 29 heteroatoms. The summed E-state index contributed by atoms with van der Waals surface area (Å²) < 4.78 is 47.9. The van der Waals surface area contributed by atoms with Crippen LogP contribution in [0.15, 0.2) is 0 Å². The molecule has 5 saturated carbocycles. The van der Waals surface area contributed by atoms with E-state index < -0.39 is 174 Å². The van der Waals surface area contributed by atoms with Crippen molar-refractivity contribution < 1.29 is 75.4 Å². The smallest absolute Gasteiger partial charge is 0.378 e. The van der Waals surface area contributed by atoms with Crippen molar-refractivity contribution in [2.45, 2.75) is 261 Å². The summed E-state index contributed by atoms with van der Waals surface area (Å²) in [5.41, 5.74) is -1.56. The van der Waals surface area contributed by atoms with Crippen molar-refractivity contribution in [1.29, 1.82) is 0 Å². The van der Waals surface area contributed by atoms with E-state index in [0.29, 0.717) is 44.4 Å². The first-order valence-corrected chi connectivity index (χ1v) is 39.7. The molecule has 3 N–H and O–H groups in total. The van der Waals surface area contributed by atoms with Crippen molar-refractivity contribution in [1.82, 2.24) is 60.0 Å². The third-order valence-corrected chi connectivity index (χ3v) is 25.3. The highest BCUT2D eigenvalue weighted by atomic mass is 35.5. The quantitative estimate of drug-likeness (QED) is 0.170. The lowest BCUT2D eigenvalue weighted by molar-refractivity contribution is -0.182. The molecule has 3 aliphatic heterocycles. The minimum absolute atomic E-state index is 0.00171. The van der Waals surface area contributed by atoms with Gasteiger partial charge in [0.15, 0.2) is 0 Å². The zero-order valence-corrected chi connectivity index (χ0v) is 65.1. The van der Waals surface area contributed by atoms with Crippen molar-refractivity contribution in [3.05, 3.63) is 0 Å². The lowest BCUT2D eigenvalue weighted by Crippen LogP contribution is -2.65. The van der Waals surface area contributed by atoms with Crippen LogP contribution >= 0.6 is 11.6 Å². The number of nitrogens with zero attached hydrogens (tertiary/aromatic N) is 9. The molecule has 592 valence electrons. The molecule has 3 heterocycles. The number of nitrogens with one attached hydrogen (secondary N) is 3. The van der Waals surface area contributed by atoms with Crippen LogP contribution in [-0.2, 0) is 62.3 Å². The van der Waals surface area contributed by atoms with Crippen molar-refractivity contribution >= 4 is 82.5 Å². The third-order valence-electron chi connectivity index (χ3n) is 24.8. The molecule has 1 spiro atoms. The summed E-state index contributed by atoms with van der Waals surface area (Å²) in [5, 5.41) is 7.70. The zero-order valence-electron chi connectivity index (χ0n) is 64.3. The topological polar surface area (TPSA) is 279 Å². The second-order valence-corrected chi connectivity index (χ2v) is 33.5. The number of rotatable bonds is 13. The number of carbonyl (C=O) groups excluding carboxylic acids is 12. The number of likely N-dealkylation sites (N-methyl/N-ethyl adjacent to an activating group) is 6. The summed E-state index contributed by atoms with van der Waals surface area (Å²) in [4.78, 5) is 194. The van der Waals surface area contributed by atoms with Gasteiger partial charge >= 0.3 is 6.18 Å². The Balaban J connectivity index is 1.18. The third kappa shape index (κ3) is 21.3. The van der Waals surface area contributed by atoms with Gasteiger partial charge in [-0.15, -0.1) is 11.6 Å². The average molecular weight is 1500 g/mol. The fraction of sp³-hybridized carbons (Fsp3) is 0.842. The summed E-state index contributed by atoms with van der Waals surface area (Å²) in [6.45, 7) is 8.95. The summed E-state index contributed by atoms with van der Waals surface area (Å²) in [7, 11) is 8.70. The van der Waals surface area contributed by atoms with Crippen LogP contribution in [0, 0.1) is 47.3 Å². The lowest BCUT2D eigenvalue weighted by atomic mass is 9.78. The van der Waals surface area contributed by atoms with Gasteiger partial charge in [-0.25, -0.2) is 0 Å². The first-order valence-electron chi connectivity index (χ1n) is 39.3. The van der Waals surface area contributed by atoms with E-state index in [9.17, 15) is 32.3 Å². The fourth-order valence-electron chi connectivity index (χ4n) is 17.6. The Kier molecular flexibility index (Phi) is 30.2. The van der Waals surface area contributed by atoms with Crippen LogP contribution in [0.5, 0.6) is 0 Å². The van der Waals surface area contributed by atoms with Gasteiger partial charge in [0.25, 0.3) is 0 Å². The fourth-order valence-corrected chi connectivity index (χ4v) is 18.1. The van der Waals surface area contributed by atoms with Crippen LogP contribution in [0.25, 0.3) is 0 Å². The number of fused-ring (bicyclic) bond motifs is 1. The first kappa shape index (κ1) is 84.3. The number of hydrogen-bond acceptors (Lipinski definition) is 13. The molecular weight excluding hydrogens is 1380 g/mol. The maximum absolute atomic E-state index is 15.8. The second-order valence-electron chi connectivity index (χ2n) is 32.9. The molecule has 0 radical (unpaired) electrons. The summed E-state index contributed by atoms with van der Waals surface area (Å²) in [6.07, 6.45) is 6.17. The largest absolute Gasteiger partial charge is 0.393 e. The Morgan fingerprint density at radius 3 is 1.85 bits per heavy atom. The molecule has 5 aliphatic carbocycles. The molecule has 0 aromatic heterocycles. The van der Waals surface area contributed by atoms with E-state index in [1.54, 1.807) is 11.8 Å². The molecule has 8 fully saturated rings.